The van der Waals surface area contributed by atoms with Crippen molar-refractivity contribution in [3.8, 4) is 0 Å². The van der Waals surface area contributed by atoms with Crippen LogP contribution in [0.4, 0.5) is 0 Å². The number of benzene rings is 1. The summed E-state index contributed by atoms with van der Waals surface area (Å²) in [7, 11) is -3.74. The van der Waals surface area contributed by atoms with E-state index < -0.39 is 22.0 Å². The zero-order chi connectivity index (χ0) is 15.8. The molecule has 0 bridgehead atoms. The molecule has 1 aromatic carbocycles. The molecule has 0 aliphatic carbocycles. The van der Waals surface area contributed by atoms with Crippen molar-refractivity contribution < 1.29 is 18.3 Å². The zero-order valence-corrected chi connectivity index (χ0v) is 13.4. The van der Waals surface area contributed by atoms with Gasteiger partial charge in [-0.3, -0.25) is 4.79 Å². The zero-order valence-electron chi connectivity index (χ0n) is 12.5. The molecule has 0 saturated carbocycles. The Labute approximate surface area is 125 Å². The van der Waals surface area contributed by atoms with E-state index in [9.17, 15) is 13.2 Å². The molecule has 1 fully saturated rings. The number of aliphatic carboxylic acids is 1. The predicted molar refractivity (Wildman–Crippen MR) is 79.7 cm³/mol. The molecular weight excluding hydrogens is 290 g/mol. The summed E-state index contributed by atoms with van der Waals surface area (Å²) in [6, 6.07) is 5.76. The molecular formula is C15H21NO4S. The van der Waals surface area contributed by atoms with Gasteiger partial charge < -0.3 is 5.11 Å². The van der Waals surface area contributed by atoms with Crippen LogP contribution in [-0.4, -0.2) is 36.4 Å². The number of nitrogens with zero attached hydrogens (tertiary/aromatic N) is 1. The van der Waals surface area contributed by atoms with E-state index in [1.165, 1.54) is 0 Å². The van der Waals surface area contributed by atoms with E-state index in [1.54, 1.807) is 24.3 Å². The van der Waals surface area contributed by atoms with Gasteiger partial charge >= 0.3 is 5.97 Å². The molecule has 6 heteroatoms. The Morgan fingerprint density at radius 3 is 2.29 bits per heavy atom. The minimum atomic E-state index is -3.74. The van der Waals surface area contributed by atoms with Crippen molar-refractivity contribution in [2.45, 2.75) is 50.0 Å². The monoisotopic (exact) mass is 311 g/mol. The summed E-state index contributed by atoms with van der Waals surface area (Å²) in [5.74, 6) is -1.08. The molecule has 1 N–H and O–H groups in total. The molecule has 0 amide bonds. The maximum atomic E-state index is 12.6. The van der Waals surface area contributed by atoms with E-state index >= 15 is 0 Å². The fraction of sp³-hybridized carbons (Fsp3) is 0.533. The second-order valence-electron chi connectivity index (χ2n) is 6.39. The Hall–Kier alpha value is -1.40. The highest BCUT2D eigenvalue weighted by atomic mass is 32.2. The Kier molecular flexibility index (Phi) is 4.13. The molecule has 1 aliphatic heterocycles. The highest BCUT2D eigenvalue weighted by molar-refractivity contribution is 7.89. The van der Waals surface area contributed by atoms with Crippen molar-refractivity contribution in [3.05, 3.63) is 29.8 Å². The molecule has 116 valence electrons. The van der Waals surface area contributed by atoms with Crippen LogP contribution in [0.2, 0.25) is 0 Å². The molecule has 2 rings (SSSR count). The third-order valence-electron chi connectivity index (χ3n) is 3.82. The lowest BCUT2D eigenvalue weighted by atomic mass is 9.87. The van der Waals surface area contributed by atoms with Gasteiger partial charge in [0.2, 0.25) is 10.0 Å². The summed E-state index contributed by atoms with van der Waals surface area (Å²) in [6.45, 7) is 6.42. The van der Waals surface area contributed by atoms with Gasteiger partial charge in [0.25, 0.3) is 0 Å². The first-order chi connectivity index (χ1) is 9.64. The van der Waals surface area contributed by atoms with Crippen LogP contribution in [0.25, 0.3) is 0 Å². The van der Waals surface area contributed by atoms with Gasteiger partial charge in [0.1, 0.15) is 6.04 Å². The van der Waals surface area contributed by atoms with Crippen LogP contribution in [0.15, 0.2) is 29.2 Å². The maximum absolute atomic E-state index is 12.6. The van der Waals surface area contributed by atoms with Crippen LogP contribution < -0.4 is 0 Å². The Balaban J connectivity index is 2.34. The first kappa shape index (κ1) is 16.0. The average molecular weight is 311 g/mol. The lowest BCUT2D eigenvalue weighted by molar-refractivity contribution is -0.140. The number of carbonyl (C=O) groups is 1. The lowest BCUT2D eigenvalue weighted by Gasteiger charge is -2.22. The van der Waals surface area contributed by atoms with Crippen LogP contribution in [0.5, 0.6) is 0 Å². The highest BCUT2D eigenvalue weighted by Crippen LogP contribution is 2.28. The summed E-state index contributed by atoms with van der Waals surface area (Å²) < 4.78 is 26.2. The number of sulfonamides is 1. The number of carboxylic acids is 1. The van der Waals surface area contributed by atoms with Crippen molar-refractivity contribution in [3.63, 3.8) is 0 Å². The number of rotatable bonds is 3. The SMILES string of the molecule is CC(C)(C)c1ccc(S(=O)(=O)N2CCC[C@H]2C(=O)O)cc1. The van der Waals surface area contributed by atoms with Gasteiger partial charge in [-0.25, -0.2) is 8.42 Å². The molecule has 1 aromatic rings. The van der Waals surface area contributed by atoms with Crippen molar-refractivity contribution in [1.29, 1.82) is 0 Å². The predicted octanol–water partition coefficient (Wildman–Crippen LogP) is 2.22. The van der Waals surface area contributed by atoms with Crippen molar-refractivity contribution in [2.75, 3.05) is 6.54 Å². The van der Waals surface area contributed by atoms with Crippen LogP contribution in [0.3, 0.4) is 0 Å². The third-order valence-corrected chi connectivity index (χ3v) is 5.74. The van der Waals surface area contributed by atoms with Gasteiger partial charge in [-0.1, -0.05) is 32.9 Å². The molecule has 1 aliphatic rings. The second-order valence-corrected chi connectivity index (χ2v) is 8.28. The van der Waals surface area contributed by atoms with E-state index in [4.69, 9.17) is 5.11 Å². The fourth-order valence-corrected chi connectivity index (χ4v) is 4.19. The molecule has 1 heterocycles. The molecule has 0 radical (unpaired) electrons. The third kappa shape index (κ3) is 3.11. The second kappa shape index (κ2) is 5.42. The van der Waals surface area contributed by atoms with Crippen molar-refractivity contribution >= 4 is 16.0 Å². The molecule has 0 aromatic heterocycles. The summed E-state index contributed by atoms with van der Waals surface area (Å²) in [5.41, 5.74) is 0.983. The first-order valence-corrected chi connectivity index (χ1v) is 8.43. The largest absolute Gasteiger partial charge is 0.480 e. The number of hydrogen-bond acceptors (Lipinski definition) is 3. The van der Waals surface area contributed by atoms with E-state index in [1.807, 2.05) is 0 Å². The minimum absolute atomic E-state index is 0.0560. The van der Waals surface area contributed by atoms with Crippen LogP contribution in [0.1, 0.15) is 39.2 Å². The fourth-order valence-electron chi connectivity index (χ4n) is 2.54. The Morgan fingerprint density at radius 1 is 1.24 bits per heavy atom. The van der Waals surface area contributed by atoms with Gasteiger partial charge in [0.05, 0.1) is 4.90 Å². The van der Waals surface area contributed by atoms with Gasteiger partial charge in [-0.2, -0.15) is 4.31 Å². The molecule has 5 nitrogen and oxygen atoms in total. The average Bonchev–Trinajstić information content (AvgIpc) is 2.88. The van der Waals surface area contributed by atoms with Crippen molar-refractivity contribution in [2.24, 2.45) is 0 Å². The van der Waals surface area contributed by atoms with E-state index in [2.05, 4.69) is 20.8 Å². The van der Waals surface area contributed by atoms with Gasteiger partial charge in [-0.05, 0) is 36.0 Å². The topological polar surface area (TPSA) is 74.7 Å². The van der Waals surface area contributed by atoms with Gasteiger partial charge in [0.15, 0.2) is 0 Å². The standard InChI is InChI=1S/C15H21NO4S/c1-15(2,3)11-6-8-12(9-7-11)21(19,20)16-10-4-5-13(16)14(17)18/h6-9,13H,4-5,10H2,1-3H3,(H,17,18)/t13-/m0/s1. The molecule has 0 spiro atoms. The molecule has 0 unspecified atom stereocenters. The Morgan fingerprint density at radius 2 is 1.81 bits per heavy atom. The number of hydrogen-bond donors (Lipinski definition) is 1. The summed E-state index contributed by atoms with van der Waals surface area (Å²) in [6.07, 6.45) is 0.949. The van der Waals surface area contributed by atoms with Crippen molar-refractivity contribution in [1.82, 2.24) is 4.31 Å². The number of carboxylic acid groups (broad SMARTS) is 1. The normalized spacial score (nSPS) is 20.6. The maximum Gasteiger partial charge on any atom is 0.322 e. The van der Waals surface area contributed by atoms with E-state index in [-0.39, 0.29) is 16.9 Å². The summed E-state index contributed by atoms with van der Waals surface area (Å²) in [5, 5.41) is 9.14. The molecule has 1 atom stereocenters. The lowest BCUT2D eigenvalue weighted by Crippen LogP contribution is -2.40. The minimum Gasteiger partial charge on any atom is -0.480 e. The Bertz CT molecular complexity index is 629. The first-order valence-electron chi connectivity index (χ1n) is 6.99. The molecule has 21 heavy (non-hydrogen) atoms. The van der Waals surface area contributed by atoms with Crippen LogP contribution in [-0.2, 0) is 20.2 Å². The smallest absolute Gasteiger partial charge is 0.322 e. The van der Waals surface area contributed by atoms with Crippen LogP contribution >= 0.6 is 0 Å². The molecule has 1 saturated heterocycles. The highest BCUT2D eigenvalue weighted by Gasteiger charge is 2.39. The van der Waals surface area contributed by atoms with Crippen LogP contribution in [0, 0.1) is 0 Å². The summed E-state index contributed by atoms with van der Waals surface area (Å²) >= 11 is 0. The quantitative estimate of drug-likeness (QED) is 0.929. The van der Waals surface area contributed by atoms with Gasteiger partial charge in [-0.15, -0.1) is 0 Å². The van der Waals surface area contributed by atoms with E-state index in [0.29, 0.717) is 12.8 Å². The summed E-state index contributed by atoms with van der Waals surface area (Å²) in [4.78, 5) is 11.3. The van der Waals surface area contributed by atoms with Gasteiger partial charge in [0, 0.05) is 6.54 Å². The van der Waals surface area contributed by atoms with E-state index in [0.717, 1.165) is 9.87 Å².